The van der Waals surface area contributed by atoms with Gasteiger partial charge in [0.15, 0.2) is 0 Å². The fraction of sp³-hybridized carbons (Fsp3) is 0.227. The summed E-state index contributed by atoms with van der Waals surface area (Å²) >= 11 is 0. The van der Waals surface area contributed by atoms with E-state index in [1.54, 1.807) is 30.3 Å². The summed E-state index contributed by atoms with van der Waals surface area (Å²) in [6.45, 7) is 0.642. The van der Waals surface area contributed by atoms with Gasteiger partial charge in [0.1, 0.15) is 0 Å². The third kappa shape index (κ3) is 3.66. The van der Waals surface area contributed by atoms with E-state index in [1.165, 1.54) is 4.31 Å². The first-order valence-electron chi connectivity index (χ1n) is 9.39. The first-order valence-corrected chi connectivity index (χ1v) is 10.8. The molecule has 1 saturated heterocycles. The zero-order chi connectivity index (χ0) is 19.6. The molecule has 28 heavy (non-hydrogen) atoms. The van der Waals surface area contributed by atoms with E-state index in [4.69, 9.17) is 0 Å². The first-order chi connectivity index (χ1) is 13.6. The molecular weight excluding hydrogens is 372 g/mol. The Morgan fingerprint density at radius 1 is 0.929 bits per heavy atom. The Morgan fingerprint density at radius 2 is 1.64 bits per heavy atom. The second-order valence-electron chi connectivity index (χ2n) is 7.03. The van der Waals surface area contributed by atoms with Crippen LogP contribution < -0.4 is 5.32 Å². The fourth-order valence-electron chi connectivity index (χ4n) is 3.69. The molecule has 1 atom stereocenters. The largest absolute Gasteiger partial charge is 0.325 e. The van der Waals surface area contributed by atoms with Gasteiger partial charge in [0.2, 0.25) is 15.9 Å². The van der Waals surface area contributed by atoms with Crippen molar-refractivity contribution in [3.8, 4) is 0 Å². The van der Waals surface area contributed by atoms with Crippen LogP contribution in [-0.2, 0) is 14.8 Å². The summed E-state index contributed by atoms with van der Waals surface area (Å²) in [4.78, 5) is 13.2. The number of rotatable bonds is 4. The SMILES string of the molecule is O=C(Nc1cccc2ccccc12)[C@@H]1CCCN(S(=O)(=O)c2ccccc2)C1. The second-order valence-corrected chi connectivity index (χ2v) is 8.97. The molecular formula is C22H22N2O3S. The van der Waals surface area contributed by atoms with Crippen molar-refractivity contribution in [3.63, 3.8) is 0 Å². The maximum atomic E-state index is 12.9. The number of hydrogen-bond acceptors (Lipinski definition) is 3. The minimum Gasteiger partial charge on any atom is -0.325 e. The Balaban J connectivity index is 1.52. The maximum Gasteiger partial charge on any atom is 0.243 e. The van der Waals surface area contributed by atoms with Gasteiger partial charge in [-0.25, -0.2) is 8.42 Å². The summed E-state index contributed by atoms with van der Waals surface area (Å²) in [7, 11) is -3.58. The highest BCUT2D eigenvalue weighted by atomic mass is 32.2. The highest BCUT2D eigenvalue weighted by Gasteiger charge is 2.33. The monoisotopic (exact) mass is 394 g/mol. The standard InChI is InChI=1S/C22H22N2O3S/c25-22(23-21-14-6-9-17-8-4-5-13-20(17)21)18-10-7-15-24(16-18)28(26,27)19-11-2-1-3-12-19/h1-6,8-9,11-14,18H,7,10,15-16H2,(H,23,25)/t18-/m1/s1. The van der Waals surface area contributed by atoms with Crippen molar-refractivity contribution >= 4 is 32.4 Å². The first kappa shape index (κ1) is 18.7. The average Bonchev–Trinajstić information content (AvgIpc) is 2.75. The van der Waals surface area contributed by atoms with Crippen molar-refractivity contribution in [1.29, 1.82) is 0 Å². The summed E-state index contributed by atoms with van der Waals surface area (Å²) in [6.07, 6.45) is 1.34. The number of nitrogens with one attached hydrogen (secondary N) is 1. The van der Waals surface area contributed by atoms with E-state index in [1.807, 2.05) is 42.5 Å². The Kier molecular flexibility index (Phi) is 5.15. The number of piperidine rings is 1. The zero-order valence-corrected chi connectivity index (χ0v) is 16.2. The number of carbonyl (C=O) groups excluding carboxylic acids is 1. The molecule has 0 radical (unpaired) electrons. The Morgan fingerprint density at radius 3 is 2.46 bits per heavy atom. The summed E-state index contributed by atoms with van der Waals surface area (Å²) in [5.41, 5.74) is 0.756. The molecule has 1 aliphatic heterocycles. The number of carbonyl (C=O) groups is 1. The molecule has 0 bridgehead atoms. The number of benzene rings is 3. The number of fused-ring (bicyclic) bond motifs is 1. The molecule has 1 amide bonds. The van der Waals surface area contributed by atoms with Gasteiger partial charge in [-0.1, -0.05) is 54.6 Å². The highest BCUT2D eigenvalue weighted by molar-refractivity contribution is 7.89. The van der Waals surface area contributed by atoms with Gasteiger partial charge in [0, 0.05) is 24.2 Å². The second kappa shape index (κ2) is 7.73. The topological polar surface area (TPSA) is 66.5 Å². The van der Waals surface area contributed by atoms with E-state index in [2.05, 4.69) is 5.32 Å². The van der Waals surface area contributed by atoms with Crippen LogP contribution in [0.5, 0.6) is 0 Å². The maximum absolute atomic E-state index is 12.9. The minimum atomic E-state index is -3.58. The van der Waals surface area contributed by atoms with Crippen LogP contribution in [0.15, 0.2) is 77.7 Å². The van der Waals surface area contributed by atoms with E-state index in [-0.39, 0.29) is 23.3 Å². The van der Waals surface area contributed by atoms with Gasteiger partial charge in [0.25, 0.3) is 0 Å². The van der Waals surface area contributed by atoms with Crippen LogP contribution in [0.3, 0.4) is 0 Å². The average molecular weight is 394 g/mol. The van der Waals surface area contributed by atoms with Crippen LogP contribution in [-0.4, -0.2) is 31.7 Å². The Hall–Kier alpha value is -2.70. The van der Waals surface area contributed by atoms with Crippen LogP contribution in [0.2, 0.25) is 0 Å². The van der Waals surface area contributed by atoms with Crippen molar-refractivity contribution in [1.82, 2.24) is 4.31 Å². The summed E-state index contributed by atoms with van der Waals surface area (Å²) < 4.78 is 27.2. The molecule has 0 aromatic heterocycles. The minimum absolute atomic E-state index is 0.135. The molecule has 6 heteroatoms. The normalized spacial score (nSPS) is 18.1. The van der Waals surface area contributed by atoms with Gasteiger partial charge in [-0.2, -0.15) is 4.31 Å². The molecule has 5 nitrogen and oxygen atoms in total. The lowest BCUT2D eigenvalue weighted by Gasteiger charge is -2.31. The lowest BCUT2D eigenvalue weighted by atomic mass is 9.98. The number of amides is 1. The van der Waals surface area contributed by atoms with Crippen molar-refractivity contribution in [2.24, 2.45) is 5.92 Å². The van der Waals surface area contributed by atoms with Crippen molar-refractivity contribution in [3.05, 3.63) is 72.8 Å². The quantitative estimate of drug-likeness (QED) is 0.730. The van der Waals surface area contributed by atoms with Crippen LogP contribution in [0.1, 0.15) is 12.8 Å². The smallest absolute Gasteiger partial charge is 0.243 e. The molecule has 1 fully saturated rings. The zero-order valence-electron chi connectivity index (χ0n) is 15.4. The van der Waals surface area contributed by atoms with Crippen LogP contribution >= 0.6 is 0 Å². The fourth-order valence-corrected chi connectivity index (χ4v) is 5.23. The van der Waals surface area contributed by atoms with Gasteiger partial charge in [-0.05, 0) is 36.4 Å². The summed E-state index contributed by atoms with van der Waals surface area (Å²) in [5.74, 6) is -0.504. The van der Waals surface area contributed by atoms with Crippen molar-refractivity contribution in [2.45, 2.75) is 17.7 Å². The van der Waals surface area contributed by atoms with E-state index in [0.717, 1.165) is 16.5 Å². The summed E-state index contributed by atoms with van der Waals surface area (Å²) in [6, 6.07) is 22.0. The molecule has 3 aromatic carbocycles. The van der Waals surface area contributed by atoms with E-state index < -0.39 is 10.0 Å². The third-order valence-electron chi connectivity index (χ3n) is 5.18. The predicted octanol–water partition coefficient (Wildman–Crippen LogP) is 3.88. The highest BCUT2D eigenvalue weighted by Crippen LogP contribution is 2.27. The van der Waals surface area contributed by atoms with Crippen LogP contribution in [0.4, 0.5) is 5.69 Å². The van der Waals surface area contributed by atoms with E-state index in [9.17, 15) is 13.2 Å². The van der Waals surface area contributed by atoms with Crippen molar-refractivity contribution in [2.75, 3.05) is 18.4 Å². The van der Waals surface area contributed by atoms with E-state index in [0.29, 0.717) is 19.4 Å². The molecule has 1 heterocycles. The molecule has 1 aliphatic rings. The molecule has 3 aromatic rings. The molecule has 0 aliphatic carbocycles. The van der Waals surface area contributed by atoms with Gasteiger partial charge < -0.3 is 5.32 Å². The summed E-state index contributed by atoms with van der Waals surface area (Å²) in [5, 5.41) is 5.03. The molecule has 0 spiro atoms. The van der Waals surface area contributed by atoms with Crippen LogP contribution in [0, 0.1) is 5.92 Å². The predicted molar refractivity (Wildman–Crippen MR) is 111 cm³/mol. The van der Waals surface area contributed by atoms with Gasteiger partial charge in [0.05, 0.1) is 10.8 Å². The molecule has 4 rings (SSSR count). The van der Waals surface area contributed by atoms with Gasteiger partial charge >= 0.3 is 0 Å². The Labute approximate surface area is 165 Å². The van der Waals surface area contributed by atoms with E-state index >= 15 is 0 Å². The Bertz CT molecular complexity index is 1090. The number of sulfonamides is 1. The number of nitrogens with zero attached hydrogens (tertiary/aromatic N) is 1. The van der Waals surface area contributed by atoms with Gasteiger partial charge in [-0.15, -0.1) is 0 Å². The number of hydrogen-bond donors (Lipinski definition) is 1. The van der Waals surface area contributed by atoms with Gasteiger partial charge in [-0.3, -0.25) is 4.79 Å². The molecule has 144 valence electrons. The van der Waals surface area contributed by atoms with Crippen LogP contribution in [0.25, 0.3) is 10.8 Å². The third-order valence-corrected chi connectivity index (χ3v) is 7.06. The molecule has 0 saturated carbocycles. The lowest BCUT2D eigenvalue weighted by molar-refractivity contribution is -0.120. The number of anilines is 1. The molecule has 1 N–H and O–H groups in total. The lowest BCUT2D eigenvalue weighted by Crippen LogP contribution is -2.43. The molecule has 0 unspecified atom stereocenters. The van der Waals surface area contributed by atoms with Crippen molar-refractivity contribution < 1.29 is 13.2 Å².